The number of hydrogen-bond donors (Lipinski definition) is 2. The molecule has 0 bridgehead atoms. The molecule has 0 aromatic heterocycles. The number of benzene rings is 2. The third-order valence-electron chi connectivity index (χ3n) is 5.05. The number of hydrogen-bond acceptors (Lipinski definition) is 2. The van der Waals surface area contributed by atoms with Crippen LogP contribution in [0, 0.1) is 5.82 Å². The molecule has 3 rings (SSSR count). The number of rotatable bonds is 6. The van der Waals surface area contributed by atoms with Crippen LogP contribution in [0.4, 0.5) is 10.1 Å². The number of amides is 2. The first kappa shape index (κ1) is 19.1. The van der Waals surface area contributed by atoms with E-state index in [2.05, 4.69) is 10.6 Å². The SMILES string of the molecule is CC(C)NC(=O)Cc1ccc(NC(=O)C2(c3cccc(F)c3)CCC2)cc1. The maximum absolute atomic E-state index is 13.6. The highest BCUT2D eigenvalue weighted by atomic mass is 19.1. The maximum Gasteiger partial charge on any atom is 0.235 e. The van der Waals surface area contributed by atoms with E-state index in [4.69, 9.17) is 0 Å². The van der Waals surface area contributed by atoms with Crippen molar-refractivity contribution in [1.82, 2.24) is 5.32 Å². The van der Waals surface area contributed by atoms with Crippen LogP contribution in [-0.4, -0.2) is 17.9 Å². The molecule has 142 valence electrons. The number of carbonyl (C=O) groups excluding carboxylic acids is 2. The van der Waals surface area contributed by atoms with Crippen LogP contribution in [0.15, 0.2) is 48.5 Å². The zero-order chi connectivity index (χ0) is 19.4. The van der Waals surface area contributed by atoms with E-state index in [-0.39, 0.29) is 23.7 Å². The average molecular weight is 368 g/mol. The molecule has 1 aliphatic carbocycles. The minimum atomic E-state index is -0.655. The Kier molecular flexibility index (Phi) is 5.59. The first-order chi connectivity index (χ1) is 12.9. The molecule has 0 radical (unpaired) electrons. The van der Waals surface area contributed by atoms with Crippen molar-refractivity contribution in [3.8, 4) is 0 Å². The predicted octanol–water partition coefficient (Wildman–Crippen LogP) is 3.95. The van der Waals surface area contributed by atoms with E-state index in [9.17, 15) is 14.0 Å². The molecule has 2 amide bonds. The highest BCUT2D eigenvalue weighted by molar-refractivity contribution is 6.00. The van der Waals surface area contributed by atoms with Gasteiger partial charge in [0.1, 0.15) is 5.82 Å². The Balaban J connectivity index is 1.68. The Bertz CT molecular complexity index is 826. The van der Waals surface area contributed by atoms with Gasteiger partial charge in [0.25, 0.3) is 0 Å². The van der Waals surface area contributed by atoms with E-state index in [0.29, 0.717) is 12.1 Å². The van der Waals surface area contributed by atoms with Gasteiger partial charge in [0.05, 0.1) is 11.8 Å². The Labute approximate surface area is 159 Å². The van der Waals surface area contributed by atoms with Crippen LogP contribution in [0.25, 0.3) is 0 Å². The topological polar surface area (TPSA) is 58.2 Å². The summed E-state index contributed by atoms with van der Waals surface area (Å²) in [7, 11) is 0. The summed E-state index contributed by atoms with van der Waals surface area (Å²) in [5.74, 6) is -0.457. The fourth-order valence-electron chi connectivity index (χ4n) is 3.48. The molecule has 0 spiro atoms. The van der Waals surface area contributed by atoms with Crippen molar-refractivity contribution in [2.24, 2.45) is 0 Å². The fourth-order valence-corrected chi connectivity index (χ4v) is 3.48. The molecule has 27 heavy (non-hydrogen) atoms. The third kappa shape index (κ3) is 4.35. The van der Waals surface area contributed by atoms with E-state index < -0.39 is 5.41 Å². The smallest absolute Gasteiger partial charge is 0.235 e. The van der Waals surface area contributed by atoms with Crippen LogP contribution >= 0.6 is 0 Å². The van der Waals surface area contributed by atoms with Crippen LogP contribution in [0.5, 0.6) is 0 Å². The molecule has 2 N–H and O–H groups in total. The second-order valence-electron chi connectivity index (χ2n) is 7.50. The molecule has 5 heteroatoms. The Morgan fingerprint density at radius 3 is 2.37 bits per heavy atom. The summed E-state index contributed by atoms with van der Waals surface area (Å²) in [6.07, 6.45) is 2.69. The van der Waals surface area contributed by atoms with Gasteiger partial charge >= 0.3 is 0 Å². The van der Waals surface area contributed by atoms with E-state index in [0.717, 1.165) is 30.4 Å². The minimum Gasteiger partial charge on any atom is -0.354 e. The largest absolute Gasteiger partial charge is 0.354 e. The summed E-state index contributed by atoms with van der Waals surface area (Å²) in [4.78, 5) is 24.8. The van der Waals surface area contributed by atoms with Crippen molar-refractivity contribution in [2.45, 2.75) is 51.0 Å². The molecular weight excluding hydrogens is 343 g/mol. The lowest BCUT2D eigenvalue weighted by Crippen LogP contribution is -2.46. The van der Waals surface area contributed by atoms with Crippen LogP contribution in [0.3, 0.4) is 0 Å². The average Bonchev–Trinajstić information content (AvgIpc) is 2.55. The van der Waals surface area contributed by atoms with Crippen LogP contribution in [0.2, 0.25) is 0 Å². The molecule has 0 saturated heterocycles. The maximum atomic E-state index is 13.6. The monoisotopic (exact) mass is 368 g/mol. The van der Waals surface area contributed by atoms with Crippen molar-refractivity contribution in [3.05, 3.63) is 65.5 Å². The molecule has 1 aliphatic rings. The van der Waals surface area contributed by atoms with E-state index in [1.54, 1.807) is 18.2 Å². The Hall–Kier alpha value is -2.69. The molecule has 4 nitrogen and oxygen atoms in total. The van der Waals surface area contributed by atoms with Crippen molar-refractivity contribution in [2.75, 3.05) is 5.32 Å². The van der Waals surface area contributed by atoms with Crippen molar-refractivity contribution >= 4 is 17.5 Å². The van der Waals surface area contributed by atoms with Crippen molar-refractivity contribution < 1.29 is 14.0 Å². The van der Waals surface area contributed by atoms with E-state index >= 15 is 0 Å². The first-order valence-corrected chi connectivity index (χ1v) is 9.35. The van der Waals surface area contributed by atoms with Gasteiger partial charge in [-0.1, -0.05) is 30.7 Å². The Morgan fingerprint density at radius 1 is 1.11 bits per heavy atom. The van der Waals surface area contributed by atoms with Gasteiger partial charge in [-0.2, -0.15) is 0 Å². The molecule has 1 fully saturated rings. The fraction of sp³-hybridized carbons (Fsp3) is 0.364. The number of carbonyl (C=O) groups is 2. The summed E-state index contributed by atoms with van der Waals surface area (Å²) in [6, 6.07) is 13.7. The first-order valence-electron chi connectivity index (χ1n) is 9.35. The summed E-state index contributed by atoms with van der Waals surface area (Å²) >= 11 is 0. The van der Waals surface area contributed by atoms with Gasteiger partial charge in [-0.15, -0.1) is 0 Å². The van der Waals surface area contributed by atoms with Gasteiger partial charge in [0, 0.05) is 11.7 Å². The van der Waals surface area contributed by atoms with E-state index in [1.165, 1.54) is 12.1 Å². The standard InChI is InChI=1S/C22H25FN2O2/c1-15(2)24-20(26)13-16-7-9-19(10-8-16)25-21(27)22(11-4-12-22)17-5-3-6-18(23)14-17/h3,5-10,14-15H,4,11-13H2,1-2H3,(H,24,26)(H,25,27). The normalized spacial score (nSPS) is 15.1. The summed E-state index contributed by atoms with van der Waals surface area (Å²) in [5, 5.41) is 5.81. The lowest BCUT2D eigenvalue weighted by Gasteiger charge is -2.40. The van der Waals surface area contributed by atoms with Gasteiger partial charge < -0.3 is 10.6 Å². The molecule has 2 aromatic carbocycles. The molecule has 0 aliphatic heterocycles. The van der Waals surface area contributed by atoms with Crippen molar-refractivity contribution in [3.63, 3.8) is 0 Å². The van der Waals surface area contributed by atoms with Gasteiger partial charge in [-0.25, -0.2) is 4.39 Å². The second kappa shape index (κ2) is 7.91. The van der Waals surface area contributed by atoms with E-state index in [1.807, 2.05) is 32.0 Å². The van der Waals surface area contributed by atoms with Crippen LogP contribution in [-0.2, 0) is 21.4 Å². The van der Waals surface area contributed by atoms with Gasteiger partial charge in [-0.3, -0.25) is 9.59 Å². The molecule has 0 unspecified atom stereocenters. The van der Waals surface area contributed by atoms with Crippen LogP contribution < -0.4 is 10.6 Å². The quantitative estimate of drug-likeness (QED) is 0.811. The summed E-state index contributed by atoms with van der Waals surface area (Å²) in [6.45, 7) is 3.84. The molecular formula is C22H25FN2O2. The van der Waals surface area contributed by atoms with Gasteiger partial charge in [0.2, 0.25) is 11.8 Å². The predicted molar refractivity (Wildman–Crippen MR) is 104 cm³/mol. The summed E-state index contributed by atoms with van der Waals surface area (Å²) in [5.41, 5.74) is 1.64. The number of halogens is 1. The zero-order valence-corrected chi connectivity index (χ0v) is 15.7. The highest BCUT2D eigenvalue weighted by Gasteiger charge is 2.45. The molecule has 1 saturated carbocycles. The van der Waals surface area contributed by atoms with Gasteiger partial charge in [-0.05, 0) is 62.1 Å². The lowest BCUT2D eigenvalue weighted by atomic mass is 9.63. The zero-order valence-electron chi connectivity index (χ0n) is 15.7. The lowest BCUT2D eigenvalue weighted by molar-refractivity contribution is -0.124. The number of nitrogens with one attached hydrogen (secondary N) is 2. The molecule has 0 atom stereocenters. The Morgan fingerprint density at radius 2 is 1.81 bits per heavy atom. The summed E-state index contributed by atoms with van der Waals surface area (Å²) < 4.78 is 13.6. The minimum absolute atomic E-state index is 0.0266. The second-order valence-corrected chi connectivity index (χ2v) is 7.50. The highest BCUT2D eigenvalue weighted by Crippen LogP contribution is 2.44. The molecule has 2 aromatic rings. The van der Waals surface area contributed by atoms with Crippen molar-refractivity contribution in [1.29, 1.82) is 0 Å². The third-order valence-corrected chi connectivity index (χ3v) is 5.05. The van der Waals surface area contributed by atoms with Gasteiger partial charge in [0.15, 0.2) is 0 Å². The number of anilines is 1. The van der Waals surface area contributed by atoms with Crippen LogP contribution in [0.1, 0.15) is 44.2 Å². The molecule has 0 heterocycles.